The summed E-state index contributed by atoms with van der Waals surface area (Å²) in [7, 11) is 0. The Balaban J connectivity index is 1.71. The molecule has 0 atom stereocenters. The first-order valence-corrected chi connectivity index (χ1v) is 8.31. The van der Waals surface area contributed by atoms with Gasteiger partial charge in [0.05, 0.1) is 12.1 Å². The van der Waals surface area contributed by atoms with Gasteiger partial charge in [0.1, 0.15) is 10.2 Å². The average Bonchev–Trinajstić information content (AvgIpc) is 3.22. The van der Waals surface area contributed by atoms with Crippen LogP contribution in [0.1, 0.15) is 18.5 Å². The topological polar surface area (TPSA) is 88.5 Å². The zero-order chi connectivity index (χ0) is 18.2. The number of ether oxygens (including phenoxy) is 1. The Morgan fingerprint density at radius 3 is 2.72 bits per heavy atom. The minimum Gasteiger partial charge on any atom is -0.481 e. The fourth-order valence-corrected chi connectivity index (χ4v) is 3.14. The summed E-state index contributed by atoms with van der Waals surface area (Å²) in [6.07, 6.45) is 0.348. The minimum atomic E-state index is -1.26. The van der Waals surface area contributed by atoms with Crippen LogP contribution in [0.3, 0.4) is 0 Å². The first kappa shape index (κ1) is 17.6. The lowest BCUT2D eigenvalue weighted by Gasteiger charge is -2.17. The van der Waals surface area contributed by atoms with Gasteiger partial charge < -0.3 is 9.84 Å². The third kappa shape index (κ3) is 3.88. The van der Waals surface area contributed by atoms with Crippen LogP contribution in [0.5, 0.6) is 5.75 Å². The molecule has 1 saturated carbocycles. The quantitative estimate of drug-likeness (QED) is 0.793. The van der Waals surface area contributed by atoms with Crippen molar-refractivity contribution in [1.29, 1.82) is 0 Å². The number of aromatic nitrogens is 1. The maximum Gasteiger partial charge on any atom is 0.309 e. The standard InChI is InChI=1S/C15H11ClF2N2O4S/c16-12-9(6-11(21)22)19-14(25-12)20-13(23)15(3-4-15)24-10-2-1-7(17)5-8(10)18/h1-2,5H,3-4,6H2,(H,21,22)(H,19,20,23). The number of rotatable bonds is 6. The van der Waals surface area contributed by atoms with Crippen molar-refractivity contribution in [2.24, 2.45) is 0 Å². The number of carboxylic acid groups (broad SMARTS) is 1. The molecule has 0 aliphatic heterocycles. The Kier molecular flexibility index (Phi) is 4.61. The predicted molar refractivity (Wildman–Crippen MR) is 86.0 cm³/mol. The molecule has 0 radical (unpaired) electrons. The molecular formula is C15H11ClF2N2O4S. The van der Waals surface area contributed by atoms with Crippen LogP contribution in [0.15, 0.2) is 18.2 Å². The summed E-state index contributed by atoms with van der Waals surface area (Å²) in [5, 5.41) is 11.4. The molecule has 1 aliphatic rings. The molecule has 0 spiro atoms. The number of thiazole rings is 1. The maximum atomic E-state index is 13.7. The Bertz CT molecular complexity index is 854. The highest BCUT2D eigenvalue weighted by Crippen LogP contribution is 2.42. The van der Waals surface area contributed by atoms with E-state index in [1.54, 1.807) is 0 Å². The van der Waals surface area contributed by atoms with E-state index in [-0.39, 0.29) is 27.3 Å². The van der Waals surface area contributed by atoms with E-state index in [1.807, 2.05) is 0 Å². The van der Waals surface area contributed by atoms with E-state index in [2.05, 4.69) is 10.3 Å². The van der Waals surface area contributed by atoms with Crippen molar-refractivity contribution >= 4 is 39.9 Å². The molecule has 6 nitrogen and oxygen atoms in total. The summed E-state index contributed by atoms with van der Waals surface area (Å²) >= 11 is 6.81. The molecule has 132 valence electrons. The van der Waals surface area contributed by atoms with Gasteiger partial charge in [0, 0.05) is 18.9 Å². The zero-order valence-electron chi connectivity index (χ0n) is 12.5. The van der Waals surface area contributed by atoms with Crippen LogP contribution in [-0.2, 0) is 16.0 Å². The van der Waals surface area contributed by atoms with Crippen molar-refractivity contribution in [1.82, 2.24) is 4.98 Å². The van der Waals surface area contributed by atoms with Gasteiger partial charge in [0.2, 0.25) is 0 Å². The number of nitrogens with one attached hydrogen (secondary N) is 1. The SMILES string of the molecule is O=C(O)Cc1nc(NC(=O)C2(Oc3ccc(F)cc3F)CC2)sc1Cl. The van der Waals surface area contributed by atoms with Gasteiger partial charge in [-0.25, -0.2) is 13.8 Å². The number of carbonyl (C=O) groups is 2. The number of hydrogen-bond donors (Lipinski definition) is 2. The van der Waals surface area contributed by atoms with E-state index < -0.39 is 29.1 Å². The first-order chi connectivity index (χ1) is 11.8. The van der Waals surface area contributed by atoms with Crippen molar-refractivity contribution in [2.75, 3.05) is 5.32 Å². The van der Waals surface area contributed by atoms with Gasteiger partial charge in [-0.3, -0.25) is 14.9 Å². The van der Waals surface area contributed by atoms with Crippen LogP contribution < -0.4 is 10.1 Å². The van der Waals surface area contributed by atoms with Gasteiger partial charge in [-0.2, -0.15) is 0 Å². The molecule has 1 heterocycles. The van der Waals surface area contributed by atoms with Crippen LogP contribution in [0.4, 0.5) is 13.9 Å². The number of halogens is 3. The highest BCUT2D eigenvalue weighted by atomic mass is 35.5. The van der Waals surface area contributed by atoms with Crippen LogP contribution >= 0.6 is 22.9 Å². The van der Waals surface area contributed by atoms with Gasteiger partial charge in [-0.15, -0.1) is 0 Å². The number of carbonyl (C=O) groups excluding carboxylic acids is 1. The fourth-order valence-electron chi connectivity index (χ4n) is 2.11. The Labute approximate surface area is 149 Å². The Hall–Kier alpha value is -2.26. The second-order valence-electron chi connectivity index (χ2n) is 5.44. The summed E-state index contributed by atoms with van der Waals surface area (Å²) in [5.74, 6) is -3.53. The summed E-state index contributed by atoms with van der Waals surface area (Å²) in [6, 6.07) is 2.82. The maximum absolute atomic E-state index is 13.7. The van der Waals surface area contributed by atoms with Crippen molar-refractivity contribution in [3.63, 3.8) is 0 Å². The van der Waals surface area contributed by atoms with E-state index in [0.29, 0.717) is 18.9 Å². The monoisotopic (exact) mass is 388 g/mol. The van der Waals surface area contributed by atoms with Gasteiger partial charge >= 0.3 is 5.97 Å². The lowest BCUT2D eigenvalue weighted by atomic mass is 10.3. The number of amides is 1. The van der Waals surface area contributed by atoms with Crippen LogP contribution in [-0.4, -0.2) is 27.6 Å². The molecule has 1 aromatic heterocycles. The lowest BCUT2D eigenvalue weighted by Crippen LogP contribution is -2.35. The van der Waals surface area contributed by atoms with Gasteiger partial charge in [0.25, 0.3) is 5.91 Å². The molecule has 10 heteroatoms. The molecule has 25 heavy (non-hydrogen) atoms. The Morgan fingerprint density at radius 1 is 1.40 bits per heavy atom. The summed E-state index contributed by atoms with van der Waals surface area (Å²) in [4.78, 5) is 27.1. The molecule has 0 unspecified atom stereocenters. The van der Waals surface area contributed by atoms with E-state index >= 15 is 0 Å². The van der Waals surface area contributed by atoms with E-state index in [4.69, 9.17) is 21.4 Å². The smallest absolute Gasteiger partial charge is 0.309 e. The molecule has 1 amide bonds. The molecule has 1 fully saturated rings. The lowest BCUT2D eigenvalue weighted by molar-refractivity contribution is -0.136. The van der Waals surface area contributed by atoms with Crippen molar-refractivity contribution in [2.45, 2.75) is 24.9 Å². The van der Waals surface area contributed by atoms with Crippen LogP contribution in [0, 0.1) is 11.6 Å². The highest BCUT2D eigenvalue weighted by Gasteiger charge is 2.53. The molecule has 2 aromatic rings. The fraction of sp³-hybridized carbons (Fsp3) is 0.267. The van der Waals surface area contributed by atoms with Gasteiger partial charge in [-0.1, -0.05) is 22.9 Å². The second-order valence-corrected chi connectivity index (χ2v) is 7.04. The predicted octanol–water partition coefficient (Wildman–Crippen LogP) is 3.25. The zero-order valence-corrected chi connectivity index (χ0v) is 14.1. The molecule has 0 saturated heterocycles. The van der Waals surface area contributed by atoms with Crippen LogP contribution in [0.2, 0.25) is 4.34 Å². The van der Waals surface area contributed by atoms with E-state index in [1.165, 1.54) is 0 Å². The summed E-state index contributed by atoms with van der Waals surface area (Å²) < 4.78 is 32.2. The van der Waals surface area contributed by atoms with E-state index in [9.17, 15) is 18.4 Å². The van der Waals surface area contributed by atoms with Crippen molar-refractivity contribution < 1.29 is 28.2 Å². The second kappa shape index (κ2) is 6.57. The molecule has 2 N–H and O–H groups in total. The molecular weight excluding hydrogens is 378 g/mol. The summed E-state index contributed by atoms with van der Waals surface area (Å²) in [6.45, 7) is 0. The summed E-state index contributed by atoms with van der Waals surface area (Å²) in [5.41, 5.74) is -1.12. The van der Waals surface area contributed by atoms with Crippen molar-refractivity contribution in [3.8, 4) is 5.75 Å². The van der Waals surface area contributed by atoms with Crippen molar-refractivity contribution in [3.05, 3.63) is 39.9 Å². The van der Waals surface area contributed by atoms with Gasteiger partial charge in [-0.05, 0) is 12.1 Å². The molecule has 3 rings (SSSR count). The van der Waals surface area contributed by atoms with E-state index in [0.717, 1.165) is 23.5 Å². The molecule has 1 aliphatic carbocycles. The number of aliphatic carboxylic acids is 1. The van der Waals surface area contributed by atoms with Crippen LogP contribution in [0.25, 0.3) is 0 Å². The first-order valence-electron chi connectivity index (χ1n) is 7.11. The largest absolute Gasteiger partial charge is 0.481 e. The number of carboxylic acids is 1. The van der Waals surface area contributed by atoms with Gasteiger partial charge in [0.15, 0.2) is 22.3 Å². The molecule has 0 bridgehead atoms. The number of benzene rings is 1. The third-order valence-corrected chi connectivity index (χ3v) is 4.76. The molecule has 1 aromatic carbocycles. The number of hydrogen-bond acceptors (Lipinski definition) is 5. The minimum absolute atomic E-state index is 0.126. The number of anilines is 1. The third-order valence-electron chi connectivity index (χ3n) is 3.51. The highest BCUT2D eigenvalue weighted by molar-refractivity contribution is 7.19. The normalized spacial score (nSPS) is 14.8. The average molecular weight is 389 g/mol. The number of nitrogens with zero attached hydrogens (tertiary/aromatic N) is 1. The Morgan fingerprint density at radius 2 is 2.12 bits per heavy atom.